The number of fused-ring (bicyclic) bond motifs is 3. The normalized spacial score (nSPS) is 17.6. The molecule has 0 saturated heterocycles. The van der Waals surface area contributed by atoms with Crippen molar-refractivity contribution in [2.45, 2.75) is 26.6 Å². The molecule has 5 aromatic rings. The number of aromatic nitrogens is 1. The maximum absolute atomic E-state index is 9.79. The molecule has 2 aromatic heterocycles. The van der Waals surface area contributed by atoms with Crippen LogP contribution in [-0.2, 0) is 7.05 Å². The third-order valence-electron chi connectivity index (χ3n) is 5.67. The highest BCUT2D eigenvalue weighted by Gasteiger charge is 2.23. The first-order chi connectivity index (χ1) is 19.1. The highest BCUT2D eigenvalue weighted by Crippen LogP contribution is 2.41. The smallest absolute Gasteiger partial charge is 0.216 e. The molecule has 0 aliphatic carbocycles. The van der Waals surface area contributed by atoms with E-state index in [0.29, 0.717) is 33.2 Å². The largest absolute Gasteiger partial charge is 0.454 e. The van der Waals surface area contributed by atoms with E-state index in [1.165, 1.54) is 13.0 Å². The van der Waals surface area contributed by atoms with Crippen LogP contribution in [0.25, 0.3) is 44.3 Å². The van der Waals surface area contributed by atoms with Gasteiger partial charge in [0.25, 0.3) is 0 Å². The molecular formula is C29H25N2O+. The van der Waals surface area contributed by atoms with Crippen molar-refractivity contribution in [3.8, 4) is 28.5 Å². The second-order valence-corrected chi connectivity index (χ2v) is 7.79. The summed E-state index contributed by atoms with van der Waals surface area (Å²) in [4.78, 5) is 0. The molecule has 1 unspecified atom stereocenters. The minimum Gasteiger partial charge on any atom is -0.454 e. The van der Waals surface area contributed by atoms with Crippen LogP contribution in [-0.4, -0.2) is 0 Å². The third-order valence-corrected chi connectivity index (χ3v) is 5.67. The summed E-state index contributed by atoms with van der Waals surface area (Å²) in [5, 5.41) is 11.0. The van der Waals surface area contributed by atoms with Crippen molar-refractivity contribution in [1.82, 2.24) is 0 Å². The van der Waals surface area contributed by atoms with Crippen molar-refractivity contribution in [2.24, 2.45) is 7.05 Å². The van der Waals surface area contributed by atoms with Crippen LogP contribution >= 0.6 is 0 Å². The minimum absolute atomic E-state index is 0.0651. The molecule has 5 rings (SSSR count). The number of rotatable bonds is 3. The summed E-state index contributed by atoms with van der Waals surface area (Å²) in [6.07, 6.45) is 1.61. The Morgan fingerprint density at radius 1 is 1.09 bits per heavy atom. The third kappa shape index (κ3) is 3.16. The molecule has 32 heavy (non-hydrogen) atoms. The molecule has 3 heteroatoms. The number of nitrogens with zero attached hydrogens (tertiary/aromatic N) is 2. The molecule has 0 bridgehead atoms. The second kappa shape index (κ2) is 7.66. The van der Waals surface area contributed by atoms with E-state index in [4.69, 9.17) is 16.8 Å². The maximum Gasteiger partial charge on any atom is 0.216 e. The van der Waals surface area contributed by atoms with Crippen molar-refractivity contribution < 1.29 is 21.3 Å². The van der Waals surface area contributed by atoms with Gasteiger partial charge in [-0.15, -0.1) is 0 Å². The van der Waals surface area contributed by atoms with E-state index in [2.05, 4.69) is 6.07 Å². The molecular weight excluding hydrogens is 392 g/mol. The van der Waals surface area contributed by atoms with Crippen molar-refractivity contribution in [3.05, 3.63) is 89.5 Å². The Hall–Kier alpha value is -3.90. The SMILES string of the molecule is [2H]c1c([2H])c([2H])c(-c2cc(C#N)cc3c2oc2c(-c4ccc(C([2H])(C)C([2H])([2H])[2H])c[n+]4C)c(C)ccc23)c([2H])c1[2H]. The molecule has 0 N–H and O–H groups in total. The summed E-state index contributed by atoms with van der Waals surface area (Å²) < 4.78 is 81.3. The molecule has 156 valence electrons. The van der Waals surface area contributed by atoms with Crippen molar-refractivity contribution in [2.75, 3.05) is 0 Å². The molecule has 0 radical (unpaired) electrons. The van der Waals surface area contributed by atoms with Crippen LogP contribution in [0.1, 0.15) is 48.7 Å². The van der Waals surface area contributed by atoms with Gasteiger partial charge in [0.2, 0.25) is 5.69 Å². The lowest BCUT2D eigenvalue weighted by atomic mass is 9.97. The van der Waals surface area contributed by atoms with Crippen LogP contribution in [0.2, 0.25) is 0 Å². The van der Waals surface area contributed by atoms with E-state index < -0.39 is 43.0 Å². The highest BCUT2D eigenvalue weighted by molar-refractivity contribution is 6.13. The summed E-state index contributed by atoms with van der Waals surface area (Å²) in [5.41, 5.74) is 3.64. The van der Waals surface area contributed by atoms with Gasteiger partial charge in [0.1, 0.15) is 18.2 Å². The number of hydrogen-bond acceptors (Lipinski definition) is 2. The lowest BCUT2D eigenvalue weighted by Gasteiger charge is -2.08. The Morgan fingerprint density at radius 2 is 1.91 bits per heavy atom. The number of aryl methyl sites for hydroxylation is 2. The van der Waals surface area contributed by atoms with Gasteiger partial charge in [-0.2, -0.15) is 5.26 Å². The zero-order valence-electron chi connectivity index (χ0n) is 26.8. The van der Waals surface area contributed by atoms with Crippen LogP contribution in [0, 0.1) is 18.3 Å². The number of hydrogen-bond donors (Lipinski definition) is 0. The first-order valence-corrected chi connectivity index (χ1v) is 10.1. The fourth-order valence-corrected chi connectivity index (χ4v) is 4.08. The van der Waals surface area contributed by atoms with Gasteiger partial charge < -0.3 is 4.42 Å². The predicted molar refractivity (Wildman–Crippen MR) is 129 cm³/mol. The van der Waals surface area contributed by atoms with Gasteiger partial charge in [-0.3, -0.25) is 0 Å². The lowest BCUT2D eigenvalue weighted by molar-refractivity contribution is -0.660. The summed E-state index contributed by atoms with van der Waals surface area (Å²) in [6.45, 7) is 0.714. The quantitative estimate of drug-likeness (QED) is 0.290. The zero-order valence-corrected chi connectivity index (χ0v) is 17.8. The number of pyridine rings is 1. The van der Waals surface area contributed by atoms with Crippen LogP contribution in [0.5, 0.6) is 0 Å². The van der Waals surface area contributed by atoms with Gasteiger partial charge in [-0.25, -0.2) is 4.57 Å². The first-order valence-electron chi connectivity index (χ1n) is 14.6. The van der Waals surface area contributed by atoms with Gasteiger partial charge in [0, 0.05) is 33.4 Å². The Labute approximate surface area is 200 Å². The molecule has 2 heterocycles. The molecule has 0 fully saturated rings. The second-order valence-electron chi connectivity index (χ2n) is 7.79. The Bertz CT molecular complexity index is 1920. The van der Waals surface area contributed by atoms with Crippen molar-refractivity contribution >= 4 is 21.9 Å². The zero-order chi connectivity index (χ0) is 30.2. The predicted octanol–water partition coefficient (Wildman–Crippen LogP) is 7.05. The number of furan rings is 1. The topological polar surface area (TPSA) is 40.8 Å². The summed E-state index contributed by atoms with van der Waals surface area (Å²) in [7, 11) is 1.75. The number of nitriles is 1. The molecule has 3 nitrogen and oxygen atoms in total. The van der Waals surface area contributed by atoms with Crippen LogP contribution < -0.4 is 4.57 Å². The van der Waals surface area contributed by atoms with Gasteiger partial charge in [0.15, 0.2) is 6.20 Å². The highest BCUT2D eigenvalue weighted by atomic mass is 16.3. The van der Waals surface area contributed by atoms with E-state index in [1.54, 1.807) is 36.0 Å². The Balaban J connectivity index is 1.85. The maximum atomic E-state index is 9.79. The average Bonchev–Trinajstić information content (AvgIpc) is 3.29. The monoisotopic (exact) mass is 426 g/mol. The molecule has 1 atom stereocenters. The molecule has 0 saturated carbocycles. The fourth-order valence-electron chi connectivity index (χ4n) is 4.08. The standard InChI is InChI=1S/C29H25N2O/c1-18(2)22-11-13-26(31(4)17-22)27-19(3)10-12-23-25-15-20(16-30)14-24(28(25)32-29(23)27)21-8-6-5-7-9-21/h5-15,17-18H,1-4H3/q+1/i1D3,5D,6D,7D,8D,9D,18D. The summed E-state index contributed by atoms with van der Waals surface area (Å²) in [6, 6.07) is 9.98. The minimum atomic E-state index is -2.53. The van der Waals surface area contributed by atoms with E-state index >= 15 is 0 Å². The van der Waals surface area contributed by atoms with Crippen LogP contribution in [0.15, 0.2) is 77.2 Å². The van der Waals surface area contributed by atoms with Gasteiger partial charge in [-0.05, 0) is 42.1 Å². The molecule has 3 aromatic carbocycles. The molecule has 0 amide bonds. The van der Waals surface area contributed by atoms with E-state index in [9.17, 15) is 5.26 Å². The summed E-state index contributed by atoms with van der Waals surface area (Å²) in [5.74, 6) is -1.82. The molecule has 0 spiro atoms. The first kappa shape index (κ1) is 12.2. The van der Waals surface area contributed by atoms with Gasteiger partial charge >= 0.3 is 0 Å². The average molecular weight is 427 g/mol. The lowest BCUT2D eigenvalue weighted by Crippen LogP contribution is -2.31. The van der Waals surface area contributed by atoms with Gasteiger partial charge in [0.05, 0.1) is 24.0 Å². The van der Waals surface area contributed by atoms with Crippen molar-refractivity contribution in [1.29, 1.82) is 5.26 Å². The van der Waals surface area contributed by atoms with E-state index in [0.717, 1.165) is 5.56 Å². The fraction of sp³-hybridized carbons (Fsp3) is 0.172. The van der Waals surface area contributed by atoms with E-state index in [-0.39, 0.29) is 22.3 Å². The summed E-state index contributed by atoms with van der Waals surface area (Å²) >= 11 is 0. The van der Waals surface area contributed by atoms with Crippen molar-refractivity contribution in [3.63, 3.8) is 0 Å². The molecule has 0 aliphatic heterocycles. The number of benzene rings is 3. The Morgan fingerprint density at radius 3 is 2.62 bits per heavy atom. The van der Waals surface area contributed by atoms with Gasteiger partial charge in [-0.1, -0.05) is 56.1 Å². The molecule has 0 aliphatic rings. The van der Waals surface area contributed by atoms with Crippen LogP contribution in [0.4, 0.5) is 0 Å². The Kier molecular flexibility index (Phi) is 2.92. The van der Waals surface area contributed by atoms with Crippen LogP contribution in [0.3, 0.4) is 0 Å². The van der Waals surface area contributed by atoms with E-state index in [1.807, 2.05) is 19.1 Å².